The molecule has 0 amide bonds. The van der Waals surface area contributed by atoms with Crippen LogP contribution >= 0.6 is 0 Å². The van der Waals surface area contributed by atoms with Gasteiger partial charge < -0.3 is 18.3 Å². The van der Waals surface area contributed by atoms with E-state index in [1.165, 1.54) is 0 Å². The topological polar surface area (TPSA) is 54.0 Å². The third kappa shape index (κ3) is 7.02. The molecule has 0 unspecified atom stereocenters. The molecule has 5 fully saturated rings. The summed E-state index contributed by atoms with van der Waals surface area (Å²) in [5.74, 6) is 2.28. The van der Waals surface area contributed by atoms with E-state index < -0.39 is 22.4 Å². The predicted molar refractivity (Wildman–Crippen MR) is 212 cm³/mol. The van der Waals surface area contributed by atoms with Crippen LogP contribution in [0.15, 0.2) is 12.2 Å². The summed E-state index contributed by atoms with van der Waals surface area (Å²) in [4.78, 5) is 14.5. The standard InChI is InChI=1S/C43H78O5Si2/c1-17-50(18-2,19-3)48-34-26-43(14)31(25-33(44)36(43)29(7)21-20-28(6)27(4)5)35-37(34)42(13)23-22-30(47-49(15,16)40(8,9)10)24-32(42)38-39(35)46-41(11,12)45-38/h20-21,27-32,34-39H,17-19,22-26H2,1-16H3/b21-20+/t28-,29+,30-,31-,32+,34-,35-,36-,37-,38+,39+,42-,43-/m0/s1. The van der Waals surface area contributed by atoms with Gasteiger partial charge >= 0.3 is 0 Å². The molecule has 4 aliphatic carbocycles. The van der Waals surface area contributed by atoms with Gasteiger partial charge in [-0.1, -0.05) is 95.2 Å². The number of carbonyl (C=O) groups excluding carboxylic acids is 1. The van der Waals surface area contributed by atoms with Gasteiger partial charge in [-0.05, 0) is 128 Å². The highest BCUT2D eigenvalue weighted by Gasteiger charge is 2.72. The van der Waals surface area contributed by atoms with Gasteiger partial charge in [0, 0.05) is 24.5 Å². The van der Waals surface area contributed by atoms with E-state index in [4.69, 9.17) is 18.3 Å². The lowest BCUT2D eigenvalue weighted by Crippen LogP contribution is -2.68. The van der Waals surface area contributed by atoms with Crippen LogP contribution in [0.5, 0.6) is 0 Å². The number of carbonyl (C=O) groups is 1. The zero-order valence-electron chi connectivity index (χ0n) is 35.3. The summed E-state index contributed by atoms with van der Waals surface area (Å²) < 4.78 is 29.2. The Morgan fingerprint density at radius 3 is 2.04 bits per heavy atom. The monoisotopic (exact) mass is 731 g/mol. The number of rotatable bonds is 11. The predicted octanol–water partition coefficient (Wildman–Crippen LogP) is 11.4. The first kappa shape index (κ1) is 40.9. The number of Topliss-reactive ketones (excluding diaryl/α,β-unsaturated/α-hetero) is 1. The molecule has 5 nitrogen and oxygen atoms in total. The van der Waals surface area contributed by atoms with Crippen molar-refractivity contribution in [1.82, 2.24) is 0 Å². The number of allylic oxidation sites excluding steroid dienone is 2. The van der Waals surface area contributed by atoms with Gasteiger partial charge in [-0.15, -0.1) is 0 Å². The molecule has 0 N–H and O–H groups in total. The maximum absolute atomic E-state index is 14.5. The minimum Gasteiger partial charge on any atom is -0.414 e. The molecule has 5 aliphatic rings. The molecule has 0 aromatic carbocycles. The SMILES string of the molecule is CC[Si](CC)(CC)O[C@H]1C[C@]2(C)[C@@H]([C@H](C)/C=C/[C@H](C)C(C)C)C(=O)C[C@H]2[C@@H]2[C@H]3OC(C)(C)O[C@@H]3[C@H]3C[C@@H](O[Si](C)(C)C(C)(C)C)CC[C@]3(C)[C@H]21. The molecule has 1 aliphatic heterocycles. The summed E-state index contributed by atoms with van der Waals surface area (Å²) in [5, 5.41) is 0.175. The number of hydrogen-bond donors (Lipinski definition) is 0. The first-order chi connectivity index (χ1) is 23.0. The molecule has 1 saturated heterocycles. The molecular weight excluding hydrogens is 653 g/mol. The maximum Gasteiger partial charge on any atom is 0.192 e. The summed E-state index contributed by atoms with van der Waals surface area (Å²) in [5.41, 5.74) is -0.112. The van der Waals surface area contributed by atoms with Crippen molar-refractivity contribution >= 4 is 22.4 Å². The van der Waals surface area contributed by atoms with Gasteiger partial charge in [-0.2, -0.15) is 0 Å². The molecule has 50 heavy (non-hydrogen) atoms. The number of fused-ring (bicyclic) bond motifs is 8. The van der Waals surface area contributed by atoms with Crippen LogP contribution in [0, 0.1) is 58.2 Å². The average molecular weight is 731 g/mol. The van der Waals surface area contributed by atoms with Gasteiger partial charge in [0.05, 0.1) is 12.2 Å². The van der Waals surface area contributed by atoms with E-state index in [2.05, 4.69) is 122 Å². The van der Waals surface area contributed by atoms with Gasteiger partial charge in [0.15, 0.2) is 22.4 Å². The fourth-order valence-electron chi connectivity index (χ4n) is 11.8. The number of hydrogen-bond acceptors (Lipinski definition) is 5. The lowest BCUT2D eigenvalue weighted by atomic mass is 9.42. The largest absolute Gasteiger partial charge is 0.414 e. The van der Waals surface area contributed by atoms with E-state index in [1.807, 2.05) is 0 Å². The summed E-state index contributed by atoms with van der Waals surface area (Å²) in [6.07, 6.45) is 10.0. The first-order valence-electron chi connectivity index (χ1n) is 20.9. The van der Waals surface area contributed by atoms with Crippen LogP contribution in [-0.2, 0) is 23.1 Å². The van der Waals surface area contributed by atoms with E-state index >= 15 is 0 Å². The molecule has 0 aromatic heterocycles. The molecule has 0 radical (unpaired) electrons. The molecule has 13 atom stereocenters. The molecule has 0 spiro atoms. The van der Waals surface area contributed by atoms with Crippen LogP contribution in [0.2, 0.25) is 36.3 Å². The van der Waals surface area contributed by atoms with Crippen molar-refractivity contribution in [2.45, 2.75) is 196 Å². The third-order valence-electron chi connectivity index (χ3n) is 16.2. The van der Waals surface area contributed by atoms with Gasteiger partial charge in [0.2, 0.25) is 0 Å². The minimum absolute atomic E-state index is 0.00384. The molecule has 4 saturated carbocycles. The molecular formula is C43H78O5Si2. The van der Waals surface area contributed by atoms with Crippen LogP contribution in [0.25, 0.3) is 0 Å². The summed E-state index contributed by atoms with van der Waals surface area (Å²) >= 11 is 0. The van der Waals surface area contributed by atoms with Crippen molar-refractivity contribution in [3.05, 3.63) is 12.2 Å². The Morgan fingerprint density at radius 1 is 0.880 bits per heavy atom. The highest BCUT2D eigenvalue weighted by Crippen LogP contribution is 2.70. The van der Waals surface area contributed by atoms with E-state index in [1.54, 1.807) is 0 Å². The van der Waals surface area contributed by atoms with E-state index in [9.17, 15) is 4.79 Å². The van der Waals surface area contributed by atoms with Crippen molar-refractivity contribution in [2.75, 3.05) is 0 Å². The summed E-state index contributed by atoms with van der Waals surface area (Å²) in [7, 11) is -3.91. The number of ketones is 1. The van der Waals surface area contributed by atoms with Gasteiger partial charge in [-0.3, -0.25) is 4.79 Å². The van der Waals surface area contributed by atoms with Gasteiger partial charge in [-0.25, -0.2) is 0 Å². The molecule has 1 heterocycles. The Morgan fingerprint density at radius 2 is 1.48 bits per heavy atom. The highest BCUT2D eigenvalue weighted by molar-refractivity contribution is 6.74. The Bertz CT molecular complexity index is 1240. The zero-order chi connectivity index (χ0) is 37.4. The van der Waals surface area contributed by atoms with Crippen molar-refractivity contribution in [2.24, 2.45) is 58.2 Å². The fourth-order valence-corrected chi connectivity index (χ4v) is 16.0. The van der Waals surface area contributed by atoms with Crippen LogP contribution in [0.3, 0.4) is 0 Å². The zero-order valence-corrected chi connectivity index (χ0v) is 37.3. The maximum atomic E-state index is 14.5. The average Bonchev–Trinajstić information content (AvgIpc) is 3.48. The first-order valence-corrected chi connectivity index (χ1v) is 26.4. The molecule has 288 valence electrons. The highest BCUT2D eigenvalue weighted by atomic mass is 28.4. The van der Waals surface area contributed by atoms with Crippen molar-refractivity contribution in [3.63, 3.8) is 0 Å². The van der Waals surface area contributed by atoms with E-state index in [0.717, 1.165) is 43.8 Å². The van der Waals surface area contributed by atoms with Crippen LogP contribution < -0.4 is 0 Å². The second kappa shape index (κ2) is 14.1. The quantitative estimate of drug-likeness (QED) is 0.156. The summed E-state index contributed by atoms with van der Waals surface area (Å²) in [6.45, 7) is 37.5. The van der Waals surface area contributed by atoms with Crippen LogP contribution in [0.4, 0.5) is 0 Å². The van der Waals surface area contributed by atoms with Gasteiger partial charge in [0.25, 0.3) is 0 Å². The van der Waals surface area contributed by atoms with Gasteiger partial charge in [0.1, 0.15) is 5.78 Å². The molecule has 0 bridgehead atoms. The fraction of sp³-hybridized carbons (Fsp3) is 0.930. The van der Waals surface area contributed by atoms with Crippen LogP contribution in [0.1, 0.15) is 129 Å². The molecule has 7 heteroatoms. The van der Waals surface area contributed by atoms with Crippen LogP contribution in [-0.4, -0.2) is 52.6 Å². The second-order valence-corrected chi connectivity index (χ2v) is 30.2. The van der Waals surface area contributed by atoms with Crippen molar-refractivity contribution in [1.29, 1.82) is 0 Å². The second-order valence-electron chi connectivity index (χ2n) is 20.8. The smallest absolute Gasteiger partial charge is 0.192 e. The summed E-state index contributed by atoms with van der Waals surface area (Å²) in [6, 6.07) is 3.43. The third-order valence-corrected chi connectivity index (χ3v) is 25.4. The lowest BCUT2D eigenvalue weighted by Gasteiger charge is -2.66. The van der Waals surface area contributed by atoms with Crippen molar-refractivity contribution in [3.8, 4) is 0 Å². The molecule has 0 aromatic rings. The number of ether oxygens (including phenoxy) is 2. The van der Waals surface area contributed by atoms with E-state index in [0.29, 0.717) is 35.9 Å². The minimum atomic E-state index is -1.97. The Hall–Kier alpha value is -0.316. The lowest BCUT2D eigenvalue weighted by molar-refractivity contribution is -0.220. The van der Waals surface area contributed by atoms with Crippen molar-refractivity contribution < 1.29 is 23.1 Å². The normalized spacial score (nSPS) is 41.5. The Kier molecular flexibility index (Phi) is 11.5. The Balaban J connectivity index is 1.61. The van der Waals surface area contributed by atoms with E-state index in [-0.39, 0.29) is 64.0 Å². The molecule has 5 rings (SSSR count). The Labute approximate surface area is 310 Å².